The van der Waals surface area contributed by atoms with E-state index < -0.39 is 22.7 Å². The van der Waals surface area contributed by atoms with Gasteiger partial charge in [0.1, 0.15) is 35.4 Å². The van der Waals surface area contributed by atoms with Crippen molar-refractivity contribution in [3.05, 3.63) is 110 Å². The molecular formula is C29H22N10O4. The average molecular weight is 575 g/mol. The molecule has 3 aromatic heterocycles. The molecule has 3 heterocycles. The molecule has 0 saturated carbocycles. The number of fused-ring (bicyclic) bond motifs is 2. The number of benzene rings is 2. The molecule has 0 aliphatic heterocycles. The van der Waals surface area contributed by atoms with Gasteiger partial charge >= 0.3 is 0 Å². The Morgan fingerprint density at radius 1 is 0.977 bits per heavy atom. The van der Waals surface area contributed by atoms with Crippen LogP contribution in [0.2, 0.25) is 0 Å². The van der Waals surface area contributed by atoms with Gasteiger partial charge in [0.25, 0.3) is 22.7 Å². The Kier molecular flexibility index (Phi) is 6.08. The molecule has 0 radical (unpaired) electrons. The highest BCUT2D eigenvalue weighted by Gasteiger charge is 2.26. The second-order valence-corrected chi connectivity index (χ2v) is 10.2. The van der Waals surface area contributed by atoms with Gasteiger partial charge in [0, 0.05) is 23.6 Å². The summed E-state index contributed by atoms with van der Waals surface area (Å²) in [5.41, 5.74) is 8.62. The van der Waals surface area contributed by atoms with Crippen molar-refractivity contribution in [1.82, 2.24) is 45.6 Å². The van der Waals surface area contributed by atoms with Crippen LogP contribution in [0.25, 0.3) is 28.0 Å². The fraction of sp³-hybridized carbons (Fsp3) is 0.138. The van der Waals surface area contributed by atoms with Gasteiger partial charge in [-0.1, -0.05) is 24.3 Å². The van der Waals surface area contributed by atoms with Gasteiger partial charge < -0.3 is 16.4 Å². The summed E-state index contributed by atoms with van der Waals surface area (Å²) in [6.45, 7) is 0.127. The molecule has 1 aliphatic carbocycles. The lowest BCUT2D eigenvalue weighted by Crippen LogP contribution is -2.38. The maximum Gasteiger partial charge on any atom is 0.270 e. The lowest BCUT2D eigenvalue weighted by atomic mass is 10.0. The minimum atomic E-state index is -0.731. The first-order valence-corrected chi connectivity index (χ1v) is 13.3. The third kappa shape index (κ3) is 4.50. The smallest absolute Gasteiger partial charge is 0.270 e. The molecule has 5 N–H and O–H groups in total. The van der Waals surface area contributed by atoms with Crippen LogP contribution < -0.4 is 27.2 Å². The number of rotatable bonds is 7. The second-order valence-electron chi connectivity index (χ2n) is 10.2. The van der Waals surface area contributed by atoms with Gasteiger partial charge in [-0.25, -0.2) is 19.6 Å². The first-order chi connectivity index (χ1) is 20.9. The molecule has 0 fully saturated rings. The van der Waals surface area contributed by atoms with Crippen LogP contribution in [-0.4, -0.2) is 46.7 Å². The molecule has 0 saturated heterocycles. The minimum Gasteiger partial charge on any atom is -0.394 e. The van der Waals surface area contributed by atoms with Crippen molar-refractivity contribution in [2.24, 2.45) is 0 Å². The summed E-state index contributed by atoms with van der Waals surface area (Å²) in [6, 6.07) is 12.4. The van der Waals surface area contributed by atoms with Gasteiger partial charge in [0.2, 0.25) is 0 Å². The van der Waals surface area contributed by atoms with Crippen LogP contribution in [0.5, 0.6) is 0 Å². The van der Waals surface area contributed by atoms with Gasteiger partial charge in [0.15, 0.2) is 5.82 Å². The fourth-order valence-electron chi connectivity index (χ4n) is 5.33. The van der Waals surface area contributed by atoms with E-state index in [1.807, 2.05) is 18.2 Å². The summed E-state index contributed by atoms with van der Waals surface area (Å²) in [6.07, 6.45) is 5.72. The zero-order valence-electron chi connectivity index (χ0n) is 22.4. The van der Waals surface area contributed by atoms with Crippen LogP contribution in [-0.2, 0) is 13.0 Å². The number of nitrogens with zero attached hydrogens (tertiary/aromatic N) is 6. The molecule has 7 rings (SSSR count). The Labute approximate surface area is 241 Å². The molecule has 3 aromatic carbocycles. The van der Waals surface area contributed by atoms with Crippen molar-refractivity contribution in [3.8, 4) is 17.1 Å². The molecule has 1 aliphatic rings. The molecular weight excluding hydrogens is 552 g/mol. The largest absolute Gasteiger partial charge is 0.394 e. The Balaban J connectivity index is 1.02. The van der Waals surface area contributed by atoms with Gasteiger partial charge in [-0.15, -0.1) is 0 Å². The summed E-state index contributed by atoms with van der Waals surface area (Å²) in [5.74, 6) is -0.229. The van der Waals surface area contributed by atoms with Gasteiger partial charge in [-0.05, 0) is 41.7 Å². The third-order valence-electron chi connectivity index (χ3n) is 7.57. The summed E-state index contributed by atoms with van der Waals surface area (Å²) in [7, 11) is 0. The zero-order valence-corrected chi connectivity index (χ0v) is 22.4. The number of aryl methyl sites for hydroxylation is 1. The maximum atomic E-state index is 13.1. The first kappa shape index (κ1) is 25.9. The van der Waals surface area contributed by atoms with E-state index in [0.29, 0.717) is 16.9 Å². The number of hydrogen-bond donors (Lipinski definition) is 4. The van der Waals surface area contributed by atoms with Crippen LogP contribution in [0.1, 0.15) is 50.1 Å². The SMILES string of the molecule is Nc1c(-n2ncc3ccc(CNC(=O)c4cc(C(=O)N[C@H]5CCc6cc(-c7ncn[nH]7)ccc65)ncn4)cc32)c(=O)c1=O. The third-order valence-corrected chi connectivity index (χ3v) is 7.57. The molecule has 2 amide bonds. The monoisotopic (exact) mass is 574 g/mol. The summed E-state index contributed by atoms with van der Waals surface area (Å²) in [4.78, 5) is 61.9. The normalized spacial score (nSPS) is 14.2. The van der Waals surface area contributed by atoms with Crippen molar-refractivity contribution in [2.45, 2.75) is 25.4 Å². The summed E-state index contributed by atoms with van der Waals surface area (Å²) < 4.78 is 1.33. The van der Waals surface area contributed by atoms with Crippen molar-refractivity contribution in [2.75, 3.05) is 5.73 Å². The minimum absolute atomic E-state index is 0.0326. The Bertz CT molecular complexity index is 2130. The lowest BCUT2D eigenvalue weighted by Gasteiger charge is -2.14. The number of nitrogens with one attached hydrogen (secondary N) is 3. The van der Waals surface area contributed by atoms with E-state index in [1.165, 1.54) is 23.4 Å². The number of aromatic nitrogens is 7. The van der Waals surface area contributed by atoms with Crippen LogP contribution in [0, 0.1) is 0 Å². The quantitative estimate of drug-likeness (QED) is 0.200. The second kappa shape index (κ2) is 10.1. The average Bonchev–Trinajstić information content (AvgIpc) is 3.81. The molecule has 1 atom stereocenters. The van der Waals surface area contributed by atoms with E-state index in [-0.39, 0.29) is 35.3 Å². The van der Waals surface area contributed by atoms with E-state index >= 15 is 0 Å². The van der Waals surface area contributed by atoms with Gasteiger partial charge in [0.05, 0.1) is 17.8 Å². The molecule has 212 valence electrons. The standard InChI is InChI=1S/C29H22N10O4/c30-23-24(26(41)25(23)40)39-22-7-14(1-2-17(22)11-36-39)10-31-28(42)20-9-21(33-12-32-20)29(43)37-19-6-4-15-8-16(3-5-18(15)19)27-34-13-35-38-27/h1-3,5,7-9,11-13,19H,4,6,10,30H2,(H,31,42)(H,37,43)(H,34,35,38)/t19-/m0/s1. The number of carbonyl (C=O) groups is 2. The van der Waals surface area contributed by atoms with Crippen molar-refractivity contribution in [3.63, 3.8) is 0 Å². The lowest BCUT2D eigenvalue weighted by molar-refractivity contribution is 0.0931. The van der Waals surface area contributed by atoms with Crippen LogP contribution in [0.4, 0.5) is 5.69 Å². The van der Waals surface area contributed by atoms with Crippen LogP contribution in [0.3, 0.4) is 0 Å². The van der Waals surface area contributed by atoms with E-state index in [2.05, 4.69) is 40.9 Å². The molecule has 6 aromatic rings. The highest BCUT2D eigenvalue weighted by atomic mass is 16.2. The maximum absolute atomic E-state index is 13.1. The molecule has 14 nitrogen and oxygen atoms in total. The van der Waals surface area contributed by atoms with Gasteiger partial charge in [-0.3, -0.25) is 24.3 Å². The Morgan fingerprint density at radius 2 is 1.81 bits per heavy atom. The number of anilines is 1. The first-order valence-electron chi connectivity index (χ1n) is 13.3. The van der Waals surface area contributed by atoms with Gasteiger partial charge in [-0.2, -0.15) is 10.2 Å². The molecule has 14 heteroatoms. The van der Waals surface area contributed by atoms with Crippen molar-refractivity contribution < 1.29 is 9.59 Å². The fourth-order valence-corrected chi connectivity index (χ4v) is 5.33. The van der Waals surface area contributed by atoms with E-state index in [0.717, 1.165) is 34.9 Å². The molecule has 43 heavy (non-hydrogen) atoms. The van der Waals surface area contributed by atoms with Crippen LogP contribution in [0.15, 0.2) is 70.9 Å². The zero-order chi connectivity index (χ0) is 29.7. The topological polar surface area (TPSA) is 204 Å². The number of H-pyrrole nitrogens is 1. The molecule has 0 bridgehead atoms. The summed E-state index contributed by atoms with van der Waals surface area (Å²) in [5, 5.41) is 17.5. The number of aromatic amines is 1. The highest BCUT2D eigenvalue weighted by Crippen LogP contribution is 2.33. The molecule has 0 unspecified atom stereocenters. The van der Waals surface area contributed by atoms with E-state index in [9.17, 15) is 19.2 Å². The number of amides is 2. The number of hydrogen-bond acceptors (Lipinski definition) is 10. The van der Waals surface area contributed by atoms with E-state index in [4.69, 9.17) is 5.73 Å². The predicted octanol–water partition coefficient (Wildman–Crippen LogP) is 1.13. The summed E-state index contributed by atoms with van der Waals surface area (Å²) >= 11 is 0. The number of carbonyl (C=O) groups excluding carboxylic acids is 2. The Morgan fingerprint density at radius 3 is 2.60 bits per heavy atom. The van der Waals surface area contributed by atoms with Crippen LogP contribution >= 0.6 is 0 Å². The highest BCUT2D eigenvalue weighted by molar-refractivity contribution is 5.97. The predicted molar refractivity (Wildman–Crippen MR) is 154 cm³/mol. The number of nitrogens with two attached hydrogens (primary N) is 1. The van der Waals surface area contributed by atoms with Crippen molar-refractivity contribution in [1.29, 1.82) is 0 Å². The van der Waals surface area contributed by atoms with Crippen molar-refractivity contribution >= 4 is 28.4 Å². The van der Waals surface area contributed by atoms with E-state index in [1.54, 1.807) is 24.4 Å². The number of nitrogen functional groups attached to an aromatic ring is 1. The Hall–Kier alpha value is -6.05. The molecule has 0 spiro atoms.